The Morgan fingerprint density at radius 1 is 1.04 bits per heavy atom. The molecular weight excluding hydrogens is 290 g/mol. The van der Waals surface area contributed by atoms with Crippen molar-refractivity contribution in [3.8, 4) is 17.2 Å². The summed E-state index contributed by atoms with van der Waals surface area (Å²) in [5.74, 6) is 2.76. The van der Waals surface area contributed by atoms with Gasteiger partial charge in [-0.15, -0.1) is 10.2 Å². The second-order valence-electron chi connectivity index (χ2n) is 5.54. The van der Waals surface area contributed by atoms with E-state index in [4.69, 9.17) is 9.47 Å². The van der Waals surface area contributed by atoms with Crippen molar-refractivity contribution in [2.45, 2.75) is 19.4 Å². The minimum atomic E-state index is 0.542. The number of methoxy groups -OCH3 is 1. The fourth-order valence-electron chi connectivity index (χ4n) is 2.85. The minimum Gasteiger partial charge on any atom is -0.497 e. The molecule has 2 aromatic carbocycles. The third kappa shape index (κ3) is 2.65. The smallest absolute Gasteiger partial charge is 0.137 e. The van der Waals surface area contributed by atoms with E-state index < -0.39 is 0 Å². The average Bonchev–Trinajstić information content (AvgIpc) is 3.09. The van der Waals surface area contributed by atoms with Gasteiger partial charge >= 0.3 is 0 Å². The second kappa shape index (κ2) is 5.76. The summed E-state index contributed by atoms with van der Waals surface area (Å²) >= 11 is 0. The summed E-state index contributed by atoms with van der Waals surface area (Å²) in [5.41, 5.74) is 3.53. The molecule has 1 aliphatic rings. The molecule has 2 heterocycles. The van der Waals surface area contributed by atoms with Crippen molar-refractivity contribution >= 4 is 0 Å². The summed E-state index contributed by atoms with van der Waals surface area (Å²) in [6.07, 6.45) is 3.65. The summed E-state index contributed by atoms with van der Waals surface area (Å²) in [7, 11) is 1.67. The number of ether oxygens (including phenoxy) is 2. The van der Waals surface area contributed by atoms with Crippen molar-refractivity contribution < 1.29 is 9.47 Å². The van der Waals surface area contributed by atoms with E-state index in [1.807, 2.05) is 34.9 Å². The number of aromatic nitrogens is 3. The molecule has 0 radical (unpaired) electrons. The number of nitrogens with zero attached hydrogens (tertiary/aromatic N) is 3. The molecule has 0 atom stereocenters. The van der Waals surface area contributed by atoms with E-state index in [0.717, 1.165) is 41.4 Å². The standard InChI is InChI=1S/C18H17N3O2/c1-22-15-5-2-13(3-6-15)11-23-16-7-8-17-14(10-16)4-9-18-20-19-12-21(17)18/h2-3,5-8,10,12H,4,9,11H2,1H3. The van der Waals surface area contributed by atoms with Crippen LogP contribution in [0.25, 0.3) is 5.69 Å². The number of fused-ring (bicyclic) bond motifs is 3. The molecular formula is C18H17N3O2. The van der Waals surface area contributed by atoms with Crippen molar-refractivity contribution in [2.75, 3.05) is 7.11 Å². The summed E-state index contributed by atoms with van der Waals surface area (Å²) in [6.45, 7) is 0.542. The molecule has 1 aliphatic heterocycles. The molecule has 3 aromatic rings. The van der Waals surface area contributed by atoms with Crippen LogP contribution in [0.1, 0.15) is 17.0 Å². The Labute approximate surface area is 134 Å². The van der Waals surface area contributed by atoms with Gasteiger partial charge in [-0.25, -0.2) is 0 Å². The molecule has 5 nitrogen and oxygen atoms in total. The van der Waals surface area contributed by atoms with Crippen LogP contribution in [0, 0.1) is 0 Å². The number of hydrogen-bond donors (Lipinski definition) is 0. The van der Waals surface area contributed by atoms with Crippen molar-refractivity contribution in [1.82, 2.24) is 14.8 Å². The van der Waals surface area contributed by atoms with Crippen LogP contribution in [0.15, 0.2) is 48.8 Å². The van der Waals surface area contributed by atoms with Crippen molar-refractivity contribution in [2.24, 2.45) is 0 Å². The highest BCUT2D eigenvalue weighted by atomic mass is 16.5. The van der Waals surface area contributed by atoms with Crippen LogP contribution >= 0.6 is 0 Å². The Bertz CT molecular complexity index is 825. The van der Waals surface area contributed by atoms with Crippen LogP contribution in [0.3, 0.4) is 0 Å². The normalized spacial score (nSPS) is 12.4. The summed E-state index contributed by atoms with van der Waals surface area (Å²) < 4.78 is 13.1. The van der Waals surface area contributed by atoms with Gasteiger partial charge in [0.25, 0.3) is 0 Å². The van der Waals surface area contributed by atoms with E-state index in [9.17, 15) is 0 Å². The van der Waals surface area contributed by atoms with E-state index in [0.29, 0.717) is 6.61 Å². The lowest BCUT2D eigenvalue weighted by atomic mass is 10.0. The molecule has 1 aromatic heterocycles. The molecule has 0 saturated carbocycles. The van der Waals surface area contributed by atoms with Crippen LogP contribution in [-0.2, 0) is 19.4 Å². The largest absolute Gasteiger partial charge is 0.497 e. The Balaban J connectivity index is 1.50. The highest BCUT2D eigenvalue weighted by Gasteiger charge is 2.17. The first kappa shape index (κ1) is 13.8. The van der Waals surface area contributed by atoms with E-state index in [2.05, 4.69) is 22.3 Å². The Kier molecular flexibility index (Phi) is 3.46. The summed E-state index contributed by atoms with van der Waals surface area (Å²) in [5, 5.41) is 8.13. The quantitative estimate of drug-likeness (QED) is 0.743. The van der Waals surface area contributed by atoms with Gasteiger partial charge in [-0.1, -0.05) is 12.1 Å². The fourth-order valence-corrected chi connectivity index (χ4v) is 2.85. The van der Waals surface area contributed by atoms with Gasteiger partial charge in [-0.05, 0) is 47.9 Å². The van der Waals surface area contributed by atoms with Gasteiger partial charge < -0.3 is 9.47 Å². The number of hydrogen-bond acceptors (Lipinski definition) is 4. The van der Waals surface area contributed by atoms with Crippen LogP contribution in [0.5, 0.6) is 11.5 Å². The molecule has 4 rings (SSSR count). The molecule has 0 aliphatic carbocycles. The number of aryl methyl sites for hydroxylation is 2. The lowest BCUT2D eigenvalue weighted by Crippen LogP contribution is -2.11. The van der Waals surface area contributed by atoms with Gasteiger partial charge in [0.2, 0.25) is 0 Å². The molecule has 0 fully saturated rings. The monoisotopic (exact) mass is 307 g/mol. The topological polar surface area (TPSA) is 49.2 Å². The van der Waals surface area contributed by atoms with Crippen molar-refractivity contribution in [3.05, 3.63) is 65.7 Å². The van der Waals surface area contributed by atoms with Crippen molar-refractivity contribution in [3.63, 3.8) is 0 Å². The first-order valence-corrected chi connectivity index (χ1v) is 7.61. The van der Waals surface area contributed by atoms with Gasteiger partial charge in [0.1, 0.15) is 30.3 Å². The van der Waals surface area contributed by atoms with Gasteiger partial charge in [0.05, 0.1) is 12.8 Å². The molecule has 0 bridgehead atoms. The first-order valence-electron chi connectivity index (χ1n) is 7.61. The lowest BCUT2D eigenvalue weighted by molar-refractivity contribution is 0.305. The van der Waals surface area contributed by atoms with Crippen LogP contribution in [-0.4, -0.2) is 21.9 Å². The minimum absolute atomic E-state index is 0.542. The molecule has 0 N–H and O–H groups in total. The van der Waals surface area contributed by atoms with Gasteiger partial charge in [0, 0.05) is 6.42 Å². The zero-order chi connectivity index (χ0) is 15.6. The fraction of sp³-hybridized carbons (Fsp3) is 0.222. The third-order valence-corrected chi connectivity index (χ3v) is 4.11. The number of rotatable bonds is 4. The number of benzene rings is 2. The van der Waals surface area contributed by atoms with Gasteiger partial charge in [-0.3, -0.25) is 4.57 Å². The molecule has 0 amide bonds. The maximum absolute atomic E-state index is 5.92. The molecule has 23 heavy (non-hydrogen) atoms. The maximum atomic E-state index is 5.92. The van der Waals surface area contributed by atoms with E-state index >= 15 is 0 Å². The molecule has 0 unspecified atom stereocenters. The Hall–Kier alpha value is -2.82. The molecule has 0 saturated heterocycles. The predicted molar refractivity (Wildman–Crippen MR) is 86.1 cm³/mol. The average molecular weight is 307 g/mol. The molecule has 0 spiro atoms. The van der Waals surface area contributed by atoms with E-state index in [1.54, 1.807) is 13.4 Å². The van der Waals surface area contributed by atoms with Crippen LogP contribution in [0.2, 0.25) is 0 Å². The Morgan fingerprint density at radius 3 is 2.70 bits per heavy atom. The molecule has 116 valence electrons. The summed E-state index contributed by atoms with van der Waals surface area (Å²) in [4.78, 5) is 0. The van der Waals surface area contributed by atoms with Crippen molar-refractivity contribution in [1.29, 1.82) is 0 Å². The SMILES string of the molecule is COc1ccc(COc2ccc3c(c2)CCc2nncn2-3)cc1. The Morgan fingerprint density at radius 2 is 1.87 bits per heavy atom. The molecule has 5 heteroatoms. The zero-order valence-corrected chi connectivity index (χ0v) is 12.9. The zero-order valence-electron chi connectivity index (χ0n) is 12.9. The third-order valence-electron chi connectivity index (χ3n) is 4.11. The lowest BCUT2D eigenvalue weighted by Gasteiger charge is -2.18. The van der Waals surface area contributed by atoms with E-state index in [1.165, 1.54) is 5.56 Å². The van der Waals surface area contributed by atoms with E-state index in [-0.39, 0.29) is 0 Å². The van der Waals surface area contributed by atoms with Gasteiger partial charge in [0.15, 0.2) is 0 Å². The van der Waals surface area contributed by atoms with Crippen LogP contribution in [0.4, 0.5) is 0 Å². The van der Waals surface area contributed by atoms with Gasteiger partial charge in [-0.2, -0.15) is 0 Å². The highest BCUT2D eigenvalue weighted by molar-refractivity contribution is 5.48. The second-order valence-corrected chi connectivity index (χ2v) is 5.54. The first-order chi connectivity index (χ1) is 11.3. The summed E-state index contributed by atoms with van der Waals surface area (Å²) in [6, 6.07) is 14.1. The highest BCUT2D eigenvalue weighted by Crippen LogP contribution is 2.27. The van der Waals surface area contributed by atoms with Crippen LogP contribution < -0.4 is 9.47 Å². The predicted octanol–water partition coefficient (Wildman–Crippen LogP) is 2.95. The maximum Gasteiger partial charge on any atom is 0.137 e.